The number of hydrogen-bond acceptors (Lipinski definition) is 5. The molecule has 1 fully saturated rings. The Bertz CT molecular complexity index is 558. The molecule has 2 rings (SSSR count). The number of carbonyl (C=O) groups is 1. The molecule has 0 spiro atoms. The van der Waals surface area contributed by atoms with Gasteiger partial charge in [0.15, 0.2) is 0 Å². The average molecular weight is 314 g/mol. The fraction of sp³-hybridized carbons (Fsp3) is 0.462. The van der Waals surface area contributed by atoms with Gasteiger partial charge < -0.3 is 10.0 Å². The van der Waals surface area contributed by atoms with E-state index in [0.29, 0.717) is 31.9 Å². The number of piperazine rings is 1. The van der Waals surface area contributed by atoms with Crippen molar-refractivity contribution in [1.29, 1.82) is 0 Å². The lowest BCUT2D eigenvalue weighted by molar-refractivity contribution is -0.384. The number of hydrogen-bond donors (Lipinski definition) is 1. The molecule has 1 saturated heterocycles. The standard InChI is InChI=1S/C13H16ClN3O4/c1-9(13(18)19)15-5-7-16(8-6-15)11-4-2-3-10(14)12(11)17(20)21/h2-4,9H,5-8H2,1H3,(H,18,19). The summed E-state index contributed by atoms with van der Waals surface area (Å²) >= 11 is 5.91. The molecule has 8 heteroatoms. The van der Waals surface area contributed by atoms with E-state index < -0.39 is 16.9 Å². The predicted molar refractivity (Wildman–Crippen MR) is 79.0 cm³/mol. The van der Waals surface area contributed by atoms with Crippen molar-refractivity contribution in [3.8, 4) is 0 Å². The molecule has 0 amide bonds. The van der Waals surface area contributed by atoms with E-state index in [1.54, 1.807) is 19.1 Å². The SMILES string of the molecule is CC(C(=O)O)N1CCN(c2cccc(Cl)c2[N+](=O)[O-])CC1. The molecule has 1 aliphatic heterocycles. The summed E-state index contributed by atoms with van der Waals surface area (Å²) in [5, 5.41) is 20.3. The molecule has 21 heavy (non-hydrogen) atoms. The van der Waals surface area contributed by atoms with Crippen LogP contribution in [-0.2, 0) is 4.79 Å². The highest BCUT2D eigenvalue weighted by Crippen LogP contribution is 2.35. The molecule has 1 aromatic carbocycles. The van der Waals surface area contributed by atoms with Crippen molar-refractivity contribution < 1.29 is 14.8 Å². The summed E-state index contributed by atoms with van der Waals surface area (Å²) in [5.41, 5.74) is 0.383. The molecule has 0 saturated carbocycles. The largest absolute Gasteiger partial charge is 0.480 e. The molecular weight excluding hydrogens is 298 g/mol. The maximum absolute atomic E-state index is 11.2. The minimum atomic E-state index is -0.864. The zero-order valence-electron chi connectivity index (χ0n) is 11.5. The van der Waals surface area contributed by atoms with Crippen molar-refractivity contribution in [3.63, 3.8) is 0 Å². The van der Waals surface area contributed by atoms with Crippen molar-refractivity contribution in [3.05, 3.63) is 33.3 Å². The van der Waals surface area contributed by atoms with Crippen LogP contribution in [0, 0.1) is 10.1 Å². The number of para-hydroxylation sites is 1. The number of rotatable bonds is 4. The number of halogens is 1. The third kappa shape index (κ3) is 3.25. The topological polar surface area (TPSA) is 86.9 Å². The highest BCUT2D eigenvalue weighted by molar-refractivity contribution is 6.33. The molecule has 7 nitrogen and oxygen atoms in total. The zero-order chi connectivity index (χ0) is 15.6. The number of benzene rings is 1. The van der Waals surface area contributed by atoms with E-state index in [1.807, 2.05) is 9.80 Å². The van der Waals surface area contributed by atoms with Gasteiger partial charge in [-0.25, -0.2) is 0 Å². The Morgan fingerprint density at radius 2 is 2.00 bits per heavy atom. The molecule has 1 unspecified atom stereocenters. The van der Waals surface area contributed by atoms with E-state index in [4.69, 9.17) is 16.7 Å². The fourth-order valence-corrected chi connectivity index (χ4v) is 2.68. The van der Waals surface area contributed by atoms with E-state index in [-0.39, 0.29) is 10.7 Å². The van der Waals surface area contributed by atoms with Gasteiger partial charge in [-0.1, -0.05) is 17.7 Å². The highest BCUT2D eigenvalue weighted by atomic mass is 35.5. The van der Waals surface area contributed by atoms with Crippen LogP contribution in [0.5, 0.6) is 0 Å². The first-order chi connectivity index (χ1) is 9.91. The van der Waals surface area contributed by atoms with Crippen molar-refractivity contribution in [2.24, 2.45) is 0 Å². The van der Waals surface area contributed by atoms with E-state index in [0.717, 1.165) is 0 Å². The molecule has 1 N–H and O–H groups in total. The molecule has 0 aliphatic carbocycles. The van der Waals surface area contributed by atoms with Crippen molar-refractivity contribution in [2.45, 2.75) is 13.0 Å². The minimum Gasteiger partial charge on any atom is -0.480 e. The molecule has 1 heterocycles. The molecular formula is C13H16ClN3O4. The van der Waals surface area contributed by atoms with Gasteiger partial charge in [0.1, 0.15) is 16.8 Å². The Morgan fingerprint density at radius 3 is 2.52 bits per heavy atom. The first-order valence-electron chi connectivity index (χ1n) is 6.56. The van der Waals surface area contributed by atoms with E-state index in [9.17, 15) is 14.9 Å². The van der Waals surface area contributed by atoms with Crippen LogP contribution in [0.15, 0.2) is 18.2 Å². The number of aliphatic carboxylic acids is 1. The van der Waals surface area contributed by atoms with Crippen LogP contribution in [-0.4, -0.2) is 53.1 Å². The fourth-order valence-electron chi connectivity index (χ4n) is 2.45. The van der Waals surface area contributed by atoms with Gasteiger partial charge in [0.2, 0.25) is 0 Å². The number of nitrogens with zero attached hydrogens (tertiary/aromatic N) is 3. The minimum absolute atomic E-state index is 0.0982. The number of carboxylic acids is 1. The Hall–Kier alpha value is -1.86. The first kappa shape index (κ1) is 15.5. The van der Waals surface area contributed by atoms with E-state index in [1.165, 1.54) is 6.07 Å². The van der Waals surface area contributed by atoms with Crippen LogP contribution in [0.25, 0.3) is 0 Å². The maximum atomic E-state index is 11.2. The Morgan fingerprint density at radius 1 is 1.38 bits per heavy atom. The van der Waals surface area contributed by atoms with Crippen LogP contribution < -0.4 is 4.90 Å². The molecule has 1 aliphatic rings. The van der Waals surface area contributed by atoms with Gasteiger partial charge in [-0.15, -0.1) is 0 Å². The zero-order valence-corrected chi connectivity index (χ0v) is 12.3. The Balaban J connectivity index is 2.15. The summed E-state index contributed by atoms with van der Waals surface area (Å²) in [6, 6.07) is 4.28. The first-order valence-corrected chi connectivity index (χ1v) is 6.94. The van der Waals surface area contributed by atoms with Crippen LogP contribution in [0.4, 0.5) is 11.4 Å². The second-order valence-corrected chi connectivity index (χ2v) is 5.31. The number of carboxylic acid groups (broad SMARTS) is 1. The van der Waals surface area contributed by atoms with Crippen LogP contribution in [0.1, 0.15) is 6.92 Å². The van der Waals surface area contributed by atoms with Crippen molar-refractivity contribution >= 4 is 28.9 Å². The second kappa shape index (κ2) is 6.28. The van der Waals surface area contributed by atoms with Gasteiger partial charge in [0, 0.05) is 26.2 Å². The molecule has 1 aromatic rings. The molecule has 1 atom stereocenters. The second-order valence-electron chi connectivity index (χ2n) is 4.90. The van der Waals surface area contributed by atoms with Gasteiger partial charge >= 0.3 is 11.7 Å². The molecule has 0 radical (unpaired) electrons. The monoisotopic (exact) mass is 313 g/mol. The summed E-state index contributed by atoms with van der Waals surface area (Å²) in [6.45, 7) is 3.77. The molecule has 0 aromatic heterocycles. The summed E-state index contributed by atoms with van der Waals surface area (Å²) in [6.07, 6.45) is 0. The van der Waals surface area contributed by atoms with Gasteiger partial charge in [-0.3, -0.25) is 19.8 Å². The van der Waals surface area contributed by atoms with Crippen LogP contribution in [0.2, 0.25) is 5.02 Å². The van der Waals surface area contributed by atoms with Crippen molar-refractivity contribution in [2.75, 3.05) is 31.1 Å². The Kier molecular flexibility index (Phi) is 4.64. The smallest absolute Gasteiger partial charge is 0.320 e. The van der Waals surface area contributed by atoms with Gasteiger partial charge in [-0.2, -0.15) is 0 Å². The van der Waals surface area contributed by atoms with Crippen molar-refractivity contribution in [1.82, 2.24) is 4.90 Å². The van der Waals surface area contributed by atoms with Gasteiger partial charge in [0.25, 0.3) is 0 Å². The summed E-state index contributed by atoms with van der Waals surface area (Å²) < 4.78 is 0. The van der Waals surface area contributed by atoms with Gasteiger partial charge in [0.05, 0.1) is 4.92 Å². The van der Waals surface area contributed by atoms with Crippen LogP contribution >= 0.6 is 11.6 Å². The number of nitro groups is 1. The van der Waals surface area contributed by atoms with Gasteiger partial charge in [-0.05, 0) is 19.1 Å². The third-order valence-corrected chi connectivity index (χ3v) is 4.01. The average Bonchev–Trinajstić information content (AvgIpc) is 2.46. The molecule has 114 valence electrons. The van der Waals surface area contributed by atoms with E-state index >= 15 is 0 Å². The number of nitro benzene ring substituents is 1. The lowest BCUT2D eigenvalue weighted by Gasteiger charge is -2.37. The lowest BCUT2D eigenvalue weighted by atomic mass is 10.2. The highest BCUT2D eigenvalue weighted by Gasteiger charge is 2.29. The van der Waals surface area contributed by atoms with Crippen LogP contribution in [0.3, 0.4) is 0 Å². The normalized spacial score (nSPS) is 17.5. The quantitative estimate of drug-likeness (QED) is 0.674. The predicted octanol–water partition coefficient (Wildman–Crippen LogP) is 1.84. The summed E-state index contributed by atoms with van der Waals surface area (Å²) in [4.78, 5) is 25.4. The third-order valence-electron chi connectivity index (χ3n) is 3.71. The molecule has 0 bridgehead atoms. The van der Waals surface area contributed by atoms with E-state index in [2.05, 4.69) is 0 Å². The maximum Gasteiger partial charge on any atom is 0.320 e. The summed E-state index contributed by atoms with van der Waals surface area (Å²) in [7, 11) is 0. The lowest BCUT2D eigenvalue weighted by Crippen LogP contribution is -2.51. The summed E-state index contributed by atoms with van der Waals surface area (Å²) in [5.74, 6) is -0.864. The number of anilines is 1. The Labute approximate surface area is 126 Å².